The molecule has 0 spiro atoms. The van der Waals surface area contributed by atoms with Crippen molar-refractivity contribution in [1.29, 1.82) is 0 Å². The van der Waals surface area contributed by atoms with Gasteiger partial charge in [-0.15, -0.1) is 0 Å². The highest BCUT2D eigenvalue weighted by Crippen LogP contribution is 2.32. The van der Waals surface area contributed by atoms with Gasteiger partial charge in [0.15, 0.2) is 17.4 Å². The summed E-state index contributed by atoms with van der Waals surface area (Å²) in [5, 5.41) is 3.20. The Hall–Kier alpha value is -1.16. The van der Waals surface area contributed by atoms with Gasteiger partial charge in [-0.05, 0) is 50.8 Å². The smallest absolute Gasteiger partial charge is 0.190 e. The molecule has 1 aliphatic carbocycles. The van der Waals surface area contributed by atoms with Crippen molar-refractivity contribution >= 4 is 0 Å². The average Bonchev–Trinajstić information content (AvgIpc) is 3.13. The van der Waals surface area contributed by atoms with Crippen molar-refractivity contribution in [2.75, 3.05) is 6.61 Å². The monoisotopic (exact) mass is 283 g/mol. The van der Waals surface area contributed by atoms with Crippen molar-refractivity contribution in [3.05, 3.63) is 29.3 Å². The van der Waals surface area contributed by atoms with Crippen molar-refractivity contribution in [1.82, 2.24) is 5.32 Å². The van der Waals surface area contributed by atoms with Gasteiger partial charge in [0.2, 0.25) is 0 Å². The molecule has 0 unspecified atom stereocenters. The summed E-state index contributed by atoms with van der Waals surface area (Å²) in [4.78, 5) is 0. The number of ether oxygens (including phenoxy) is 1. The Morgan fingerprint density at radius 3 is 2.30 bits per heavy atom. The topological polar surface area (TPSA) is 21.3 Å². The highest BCUT2D eigenvalue weighted by molar-refractivity contribution is 5.31. The highest BCUT2D eigenvalue weighted by Gasteiger charge is 2.21. The zero-order valence-electron chi connectivity index (χ0n) is 12.4. The van der Waals surface area contributed by atoms with Crippen LogP contribution in [0.25, 0.3) is 0 Å². The van der Waals surface area contributed by atoms with Gasteiger partial charge in [0, 0.05) is 12.1 Å². The molecule has 0 saturated heterocycles. The predicted molar refractivity (Wildman–Crippen MR) is 75.8 cm³/mol. The van der Waals surface area contributed by atoms with Crippen LogP contribution < -0.4 is 10.1 Å². The Labute approximate surface area is 119 Å². The van der Waals surface area contributed by atoms with Crippen LogP contribution in [0.2, 0.25) is 0 Å². The first-order valence-corrected chi connectivity index (χ1v) is 7.21. The fourth-order valence-electron chi connectivity index (χ4n) is 1.95. The van der Waals surface area contributed by atoms with Crippen LogP contribution >= 0.6 is 0 Å². The molecule has 4 heteroatoms. The van der Waals surface area contributed by atoms with Crippen LogP contribution in [0, 0.1) is 17.6 Å². The Balaban J connectivity index is 1.95. The SMILES string of the molecule is CC(C)(C)NCc1cc(F)c(OCCC2CC2)c(F)c1. The number of benzene rings is 1. The van der Waals surface area contributed by atoms with Crippen molar-refractivity contribution in [3.63, 3.8) is 0 Å². The highest BCUT2D eigenvalue weighted by atomic mass is 19.1. The molecule has 0 aromatic heterocycles. The second-order valence-electron chi connectivity index (χ2n) is 6.57. The molecule has 1 aliphatic rings. The van der Waals surface area contributed by atoms with Gasteiger partial charge in [-0.25, -0.2) is 8.78 Å². The first-order chi connectivity index (χ1) is 9.35. The molecule has 112 valence electrons. The number of hydrogen-bond acceptors (Lipinski definition) is 2. The van der Waals surface area contributed by atoms with Crippen LogP contribution in [-0.2, 0) is 6.54 Å². The normalized spacial score (nSPS) is 15.4. The van der Waals surface area contributed by atoms with E-state index in [0.29, 0.717) is 24.6 Å². The molecule has 1 N–H and O–H groups in total. The van der Waals surface area contributed by atoms with E-state index < -0.39 is 11.6 Å². The Kier molecular flexibility index (Phi) is 4.63. The molecule has 0 bridgehead atoms. The lowest BCUT2D eigenvalue weighted by atomic mass is 10.1. The minimum Gasteiger partial charge on any atom is -0.488 e. The molecule has 1 aromatic rings. The maximum absolute atomic E-state index is 13.9. The molecule has 0 heterocycles. The zero-order chi connectivity index (χ0) is 14.8. The summed E-state index contributed by atoms with van der Waals surface area (Å²) in [6.45, 7) is 6.84. The molecule has 1 aromatic carbocycles. The van der Waals surface area contributed by atoms with Gasteiger partial charge in [-0.2, -0.15) is 0 Å². The standard InChI is InChI=1S/C16H23F2NO/c1-16(2,3)19-10-12-8-13(17)15(14(18)9-12)20-7-6-11-4-5-11/h8-9,11,19H,4-7,10H2,1-3H3. The van der Waals surface area contributed by atoms with Gasteiger partial charge in [-0.3, -0.25) is 0 Å². The number of rotatable bonds is 6. The number of halogens is 2. The Bertz CT molecular complexity index is 441. The zero-order valence-corrected chi connectivity index (χ0v) is 12.4. The largest absolute Gasteiger partial charge is 0.488 e. The van der Waals surface area contributed by atoms with Crippen LogP contribution in [0.5, 0.6) is 5.75 Å². The van der Waals surface area contributed by atoms with Gasteiger partial charge < -0.3 is 10.1 Å². The molecule has 0 amide bonds. The van der Waals surface area contributed by atoms with Gasteiger partial charge in [0.05, 0.1) is 6.61 Å². The van der Waals surface area contributed by atoms with E-state index in [1.807, 2.05) is 20.8 Å². The molecular weight excluding hydrogens is 260 g/mol. The summed E-state index contributed by atoms with van der Waals surface area (Å²) in [6.07, 6.45) is 3.31. The van der Waals surface area contributed by atoms with Gasteiger partial charge in [-0.1, -0.05) is 12.8 Å². The quantitative estimate of drug-likeness (QED) is 0.851. The van der Waals surface area contributed by atoms with Crippen molar-refractivity contribution in [2.24, 2.45) is 5.92 Å². The molecule has 2 rings (SSSR count). The summed E-state index contributed by atoms with van der Waals surface area (Å²) in [6, 6.07) is 2.68. The number of nitrogens with one attached hydrogen (secondary N) is 1. The van der Waals surface area contributed by atoms with Crippen LogP contribution in [0.1, 0.15) is 45.6 Å². The van der Waals surface area contributed by atoms with E-state index in [9.17, 15) is 8.78 Å². The van der Waals surface area contributed by atoms with Crippen molar-refractivity contribution in [3.8, 4) is 5.75 Å². The molecule has 1 fully saturated rings. The Morgan fingerprint density at radius 1 is 1.20 bits per heavy atom. The van der Waals surface area contributed by atoms with Crippen molar-refractivity contribution < 1.29 is 13.5 Å². The average molecular weight is 283 g/mol. The lowest BCUT2D eigenvalue weighted by Crippen LogP contribution is -2.35. The fraction of sp³-hybridized carbons (Fsp3) is 0.625. The summed E-state index contributed by atoms with van der Waals surface area (Å²) < 4.78 is 33.0. The maximum Gasteiger partial charge on any atom is 0.190 e. The third-order valence-electron chi connectivity index (χ3n) is 3.35. The van der Waals surface area contributed by atoms with Crippen LogP contribution in [0.15, 0.2) is 12.1 Å². The van der Waals surface area contributed by atoms with Crippen LogP contribution in [0.3, 0.4) is 0 Å². The molecule has 20 heavy (non-hydrogen) atoms. The molecular formula is C16H23F2NO. The lowest BCUT2D eigenvalue weighted by molar-refractivity contribution is 0.273. The first-order valence-electron chi connectivity index (χ1n) is 7.21. The molecule has 0 radical (unpaired) electrons. The molecule has 0 aliphatic heterocycles. The second-order valence-corrected chi connectivity index (χ2v) is 6.57. The summed E-state index contributed by atoms with van der Waals surface area (Å²) >= 11 is 0. The first kappa shape index (κ1) is 15.2. The van der Waals surface area contributed by atoms with Crippen LogP contribution in [-0.4, -0.2) is 12.1 Å². The van der Waals surface area contributed by atoms with E-state index in [1.54, 1.807) is 0 Å². The van der Waals surface area contributed by atoms with E-state index in [1.165, 1.54) is 25.0 Å². The predicted octanol–water partition coefficient (Wildman–Crippen LogP) is 4.03. The Morgan fingerprint density at radius 2 is 1.80 bits per heavy atom. The minimum atomic E-state index is -0.619. The summed E-state index contributed by atoms with van der Waals surface area (Å²) in [7, 11) is 0. The van der Waals surface area contributed by atoms with E-state index in [0.717, 1.165) is 6.42 Å². The third-order valence-corrected chi connectivity index (χ3v) is 3.35. The van der Waals surface area contributed by atoms with E-state index >= 15 is 0 Å². The van der Waals surface area contributed by atoms with E-state index in [-0.39, 0.29) is 11.3 Å². The fourth-order valence-corrected chi connectivity index (χ4v) is 1.95. The van der Waals surface area contributed by atoms with Gasteiger partial charge in [0.25, 0.3) is 0 Å². The molecule has 0 atom stereocenters. The summed E-state index contributed by atoms with van der Waals surface area (Å²) in [5.41, 5.74) is 0.497. The maximum atomic E-state index is 13.9. The van der Waals surface area contributed by atoms with Gasteiger partial charge in [0.1, 0.15) is 0 Å². The summed E-state index contributed by atoms with van der Waals surface area (Å²) in [5.74, 6) is -0.792. The second kappa shape index (κ2) is 6.08. The van der Waals surface area contributed by atoms with Gasteiger partial charge >= 0.3 is 0 Å². The van der Waals surface area contributed by atoms with Crippen molar-refractivity contribution in [2.45, 2.75) is 52.1 Å². The van der Waals surface area contributed by atoms with E-state index in [2.05, 4.69) is 5.32 Å². The number of hydrogen-bond donors (Lipinski definition) is 1. The molecule has 1 saturated carbocycles. The third kappa shape index (κ3) is 4.75. The van der Waals surface area contributed by atoms with E-state index in [4.69, 9.17) is 4.74 Å². The minimum absolute atomic E-state index is 0.0909. The van der Waals surface area contributed by atoms with Crippen LogP contribution in [0.4, 0.5) is 8.78 Å². The molecule has 2 nitrogen and oxygen atoms in total. The lowest BCUT2D eigenvalue weighted by Gasteiger charge is -2.20.